The van der Waals surface area contributed by atoms with Crippen LogP contribution in [0.15, 0.2) is 388 Å². The number of piperidine rings is 2. The van der Waals surface area contributed by atoms with Gasteiger partial charge in [-0.15, -0.1) is 0 Å². The van der Waals surface area contributed by atoms with Crippen LogP contribution in [0.1, 0.15) is 32.1 Å². The summed E-state index contributed by atoms with van der Waals surface area (Å²) in [5.41, 5.74) is 30.9. The van der Waals surface area contributed by atoms with Gasteiger partial charge in [-0.1, -0.05) is 315 Å². The summed E-state index contributed by atoms with van der Waals surface area (Å²) in [6.07, 6.45) is 6.25. The van der Waals surface area contributed by atoms with Gasteiger partial charge in [-0.05, 0) is 286 Å². The van der Waals surface area contributed by atoms with Crippen LogP contribution in [0.3, 0.4) is 0 Å². The van der Waals surface area contributed by atoms with Gasteiger partial charge in [0.25, 0.3) is 6.71 Å². The SMILES string of the molecule is c1ccc(-c2cc(-c3ccccc3)c(N3c4ccc(-c5cc6cccc7c8cccc9cccc(c(c5)c67)c98)cc4B4c5cc(-c6cc7cccc8c9cccc%10cccc(c(c6)c78)c%109)ccc5N(c5c(-c6ccccc6)cc(-c6ccccc6)cc5-c5ccccc5)c5cc(N6C7CC8CC(C7)CC6C8)cc3c54)c(-c3ccccc3)c2)cc1. The fraction of sp³-hybridized carbons (Fsp3) is 0.0783. The van der Waals surface area contributed by atoms with Gasteiger partial charge in [0.05, 0.1) is 11.4 Å². The average Bonchev–Trinajstić information content (AvgIpc) is 0.686. The van der Waals surface area contributed by atoms with Crippen LogP contribution in [-0.4, -0.2) is 18.8 Å². The van der Waals surface area contributed by atoms with Crippen molar-refractivity contribution >= 4 is 149 Å². The highest BCUT2D eigenvalue weighted by molar-refractivity contribution is 7.00. The highest BCUT2D eigenvalue weighted by Crippen LogP contribution is 2.59. The Labute approximate surface area is 692 Å². The molecule has 6 aliphatic rings. The number of anilines is 7. The first-order chi connectivity index (χ1) is 59.0. The van der Waals surface area contributed by atoms with Crippen molar-refractivity contribution in [1.82, 2.24) is 0 Å². The standard InChI is InChI=1S/C115H78BN3/c1-7-25-72(26-8-1)86-60-97(74-29-11-3-12-30-74)114(98(61-86)75-31-13-4-14-32-75)118-105-51-49-80(84-58-82-41-23-45-93-91-43-19-37-78-39-21-47-95(109(78)91)101(64-84)111(82)93)66-103(105)116-104-67-81(85-59-83-42-24-46-94-92-44-20-38-79-40-22-48-96(110(79)92)102(65-85)112(83)94)50-52-106(104)119(108-69-90(68-107(118)113(108)116)117-88-54-70-53-71(56-88)57-89(117)55-70)115-99(76-33-15-5-16-34-76)62-87(73-27-9-2-10-28-73)63-100(115)77-35-17-6-18-36-77/h1-52,58-71,88-89H,53-57H2. The van der Waals surface area contributed by atoms with Gasteiger partial charge in [-0.25, -0.2) is 0 Å². The Morgan fingerprint density at radius 3 is 0.857 bits per heavy atom. The largest absolute Gasteiger partial charge is 0.365 e. The van der Waals surface area contributed by atoms with Gasteiger partial charge in [0.15, 0.2) is 0 Å². The van der Waals surface area contributed by atoms with Gasteiger partial charge in [-0.3, -0.25) is 0 Å². The zero-order valence-corrected chi connectivity index (χ0v) is 65.7. The van der Waals surface area contributed by atoms with Crippen molar-refractivity contribution in [3.63, 3.8) is 0 Å². The quantitative estimate of drug-likeness (QED) is 0.0726. The van der Waals surface area contributed by atoms with E-state index in [4.69, 9.17) is 0 Å². The normalized spacial score (nSPS) is 16.5. The molecule has 0 spiro atoms. The van der Waals surface area contributed by atoms with Crippen LogP contribution < -0.4 is 31.1 Å². The number of fused-ring (bicyclic) bond motifs is 8. The maximum absolute atomic E-state index is 2.97. The van der Waals surface area contributed by atoms with E-state index in [1.807, 2.05) is 0 Å². The predicted molar refractivity (Wildman–Crippen MR) is 506 cm³/mol. The van der Waals surface area contributed by atoms with Crippen LogP contribution in [-0.2, 0) is 0 Å². The Balaban J connectivity index is 0.831. The second-order valence-corrected chi connectivity index (χ2v) is 34.5. The fourth-order valence-corrected chi connectivity index (χ4v) is 23.3. The van der Waals surface area contributed by atoms with E-state index in [0.717, 1.165) is 45.5 Å². The monoisotopic (exact) mass is 1510 g/mol. The molecule has 0 unspecified atom stereocenters. The Hall–Kier alpha value is -14.3. The number of hydrogen-bond donors (Lipinski definition) is 0. The summed E-state index contributed by atoms with van der Waals surface area (Å²) >= 11 is 0. The highest BCUT2D eigenvalue weighted by atomic mass is 15.2. The second-order valence-electron chi connectivity index (χ2n) is 34.5. The molecule has 4 bridgehead atoms. The first-order valence-electron chi connectivity index (χ1n) is 42.7. The minimum atomic E-state index is -0.301. The Morgan fingerprint density at radius 2 is 0.513 bits per heavy atom. The summed E-state index contributed by atoms with van der Waals surface area (Å²) in [5.74, 6) is 1.50. The zero-order chi connectivity index (χ0) is 77.7. The van der Waals surface area contributed by atoms with Crippen LogP contribution in [0.5, 0.6) is 0 Å². The zero-order valence-electron chi connectivity index (χ0n) is 65.7. The van der Waals surface area contributed by atoms with E-state index >= 15 is 0 Å². The third kappa shape index (κ3) is 10.2. The summed E-state index contributed by atoms with van der Waals surface area (Å²) in [5, 5.41) is 20.6. The van der Waals surface area contributed by atoms with Crippen molar-refractivity contribution in [2.24, 2.45) is 11.8 Å². The van der Waals surface area contributed by atoms with Gasteiger partial charge >= 0.3 is 0 Å². The molecule has 2 saturated carbocycles. The van der Waals surface area contributed by atoms with E-state index in [2.05, 4.69) is 403 Å². The van der Waals surface area contributed by atoms with E-state index in [-0.39, 0.29) is 6.71 Å². The first-order valence-corrected chi connectivity index (χ1v) is 42.7. The number of hydrogen-bond acceptors (Lipinski definition) is 3. The molecule has 2 aliphatic carbocycles. The van der Waals surface area contributed by atoms with Gasteiger partial charge in [0, 0.05) is 62.8 Å². The van der Waals surface area contributed by atoms with Crippen LogP contribution in [0.25, 0.3) is 175 Å². The highest BCUT2D eigenvalue weighted by Gasteiger charge is 2.50. The maximum atomic E-state index is 2.97. The van der Waals surface area contributed by atoms with Crippen molar-refractivity contribution in [1.29, 1.82) is 0 Å². The Bertz CT molecular complexity index is 7140. The van der Waals surface area contributed by atoms with E-state index < -0.39 is 0 Å². The third-order valence-electron chi connectivity index (χ3n) is 28.0. The molecule has 119 heavy (non-hydrogen) atoms. The van der Waals surface area contributed by atoms with E-state index in [9.17, 15) is 0 Å². The van der Waals surface area contributed by atoms with Crippen molar-refractivity contribution in [3.05, 3.63) is 388 Å². The molecule has 4 heterocycles. The van der Waals surface area contributed by atoms with Gasteiger partial charge < -0.3 is 14.7 Å². The molecule has 0 N–H and O–H groups in total. The van der Waals surface area contributed by atoms with Gasteiger partial charge in [0.1, 0.15) is 0 Å². The maximum Gasteiger partial charge on any atom is 0.252 e. The summed E-state index contributed by atoms with van der Waals surface area (Å²) in [7, 11) is 0. The lowest BCUT2D eigenvalue weighted by atomic mass is 9.33. The summed E-state index contributed by atoms with van der Waals surface area (Å²) in [4.78, 5) is 8.57. The lowest BCUT2D eigenvalue weighted by Gasteiger charge is -2.58. The lowest BCUT2D eigenvalue weighted by molar-refractivity contribution is 0.0900. The molecule has 27 rings (SSSR count). The number of nitrogens with zero attached hydrogens (tertiary/aromatic N) is 3. The molecule has 4 aliphatic heterocycles. The molecule has 2 saturated heterocycles. The molecule has 4 fully saturated rings. The molecule has 3 nitrogen and oxygen atoms in total. The molecule has 4 heteroatoms. The molecular weight excluding hydrogens is 1430 g/mol. The molecule has 0 radical (unpaired) electrons. The molecule has 21 aromatic carbocycles. The van der Waals surface area contributed by atoms with Crippen molar-refractivity contribution in [3.8, 4) is 89.0 Å². The molecule has 556 valence electrons. The fourth-order valence-electron chi connectivity index (χ4n) is 23.3. The second kappa shape index (κ2) is 26.1. The van der Waals surface area contributed by atoms with E-state index in [1.54, 1.807) is 0 Å². The Kier molecular flexibility index (Phi) is 14.7. The summed E-state index contributed by atoms with van der Waals surface area (Å²) in [6.45, 7) is -0.301. The van der Waals surface area contributed by atoms with Crippen molar-refractivity contribution in [2.45, 2.75) is 44.2 Å². The third-order valence-corrected chi connectivity index (χ3v) is 28.0. The predicted octanol–water partition coefficient (Wildman–Crippen LogP) is 29.0. The number of rotatable bonds is 11. The van der Waals surface area contributed by atoms with Crippen molar-refractivity contribution in [2.75, 3.05) is 14.7 Å². The summed E-state index contributed by atoms with van der Waals surface area (Å²) < 4.78 is 0. The van der Waals surface area contributed by atoms with Gasteiger partial charge in [0.2, 0.25) is 0 Å². The van der Waals surface area contributed by atoms with E-state index in [0.29, 0.717) is 12.1 Å². The molecule has 0 aromatic heterocycles. The Morgan fingerprint density at radius 1 is 0.210 bits per heavy atom. The summed E-state index contributed by atoms with van der Waals surface area (Å²) in [6, 6.07) is 151. The topological polar surface area (TPSA) is 9.72 Å². The lowest BCUT2D eigenvalue weighted by Crippen LogP contribution is -2.62. The minimum absolute atomic E-state index is 0.301. The van der Waals surface area contributed by atoms with Crippen LogP contribution in [0.2, 0.25) is 0 Å². The molecule has 21 aromatic rings. The van der Waals surface area contributed by atoms with E-state index in [1.165, 1.54) is 230 Å². The minimum Gasteiger partial charge on any atom is -0.365 e. The molecule has 0 amide bonds. The van der Waals surface area contributed by atoms with Crippen LogP contribution in [0, 0.1) is 11.8 Å². The smallest absolute Gasteiger partial charge is 0.252 e. The number of benzene rings is 21. The van der Waals surface area contributed by atoms with Crippen molar-refractivity contribution < 1.29 is 0 Å². The molecular formula is C115H78BN3. The molecule has 0 atom stereocenters. The van der Waals surface area contributed by atoms with Gasteiger partial charge in [-0.2, -0.15) is 0 Å². The van der Waals surface area contributed by atoms with Crippen LogP contribution in [0.4, 0.5) is 39.8 Å². The first kappa shape index (κ1) is 66.9. The van der Waals surface area contributed by atoms with Crippen LogP contribution >= 0.6 is 0 Å². The average molecular weight is 1510 g/mol.